The van der Waals surface area contributed by atoms with E-state index < -0.39 is 53.6 Å². The van der Waals surface area contributed by atoms with Crippen molar-refractivity contribution in [1.82, 2.24) is 0 Å². The molecule has 0 bridgehead atoms. The van der Waals surface area contributed by atoms with E-state index in [0.29, 0.717) is 0 Å². The second kappa shape index (κ2) is 6.34. The Morgan fingerprint density at radius 3 is 0.621 bits per heavy atom. The minimum Gasteiger partial charge on any atom is -0.339 e. The molecular formula is C9H3F17O3. The first-order valence-corrected chi connectivity index (χ1v) is 5.88. The van der Waals surface area contributed by atoms with Gasteiger partial charge in [0.25, 0.3) is 0 Å². The van der Waals surface area contributed by atoms with Crippen LogP contribution in [0.4, 0.5) is 74.6 Å². The molecule has 0 amide bonds. The lowest BCUT2D eigenvalue weighted by Crippen LogP contribution is -2.76. The average Bonchev–Trinajstić information content (AvgIpc) is 2.43. The molecule has 0 saturated carbocycles. The average molecular weight is 482 g/mol. The molecule has 0 heterocycles. The van der Waals surface area contributed by atoms with Crippen molar-refractivity contribution >= 4 is 0 Å². The molecule has 20 heteroatoms. The first kappa shape index (κ1) is 27.7. The number of aliphatic hydroxyl groups is 3. The third-order valence-electron chi connectivity index (χ3n) is 3.14. The molecule has 0 aromatic carbocycles. The Morgan fingerprint density at radius 1 is 0.276 bits per heavy atom. The van der Waals surface area contributed by atoms with E-state index in [1.165, 1.54) is 0 Å². The molecule has 0 spiro atoms. The molecule has 0 radical (unpaired) electrons. The summed E-state index contributed by atoms with van der Waals surface area (Å²) in [6.07, 6.45) is -7.87. The zero-order chi connectivity index (χ0) is 24.5. The van der Waals surface area contributed by atoms with Gasteiger partial charge < -0.3 is 15.3 Å². The maximum atomic E-state index is 13.1. The highest BCUT2D eigenvalue weighted by atomic mass is 19.4. The molecule has 0 aromatic heterocycles. The molecular weight excluding hydrogens is 479 g/mol. The smallest absolute Gasteiger partial charge is 0.339 e. The Balaban J connectivity index is 6.82. The third kappa shape index (κ3) is 3.26. The molecule has 3 nitrogen and oxygen atoms in total. The van der Waals surface area contributed by atoms with Gasteiger partial charge in [0.1, 0.15) is 0 Å². The minimum atomic E-state index is -8.85. The summed E-state index contributed by atoms with van der Waals surface area (Å²) < 4.78 is 216. The van der Waals surface area contributed by atoms with Crippen LogP contribution in [0.15, 0.2) is 0 Å². The third-order valence-corrected chi connectivity index (χ3v) is 3.14. The summed E-state index contributed by atoms with van der Waals surface area (Å²) >= 11 is 0. The number of rotatable bonds is 7. The van der Waals surface area contributed by atoms with E-state index >= 15 is 0 Å². The van der Waals surface area contributed by atoms with Gasteiger partial charge in [-0.3, -0.25) is 0 Å². The number of alkyl halides is 17. The maximum absolute atomic E-state index is 13.1. The monoisotopic (exact) mass is 482 g/mol. The highest BCUT2D eigenvalue weighted by Gasteiger charge is 2.96. The highest BCUT2D eigenvalue weighted by Crippen LogP contribution is 2.64. The van der Waals surface area contributed by atoms with Crippen LogP contribution in [0.25, 0.3) is 0 Å². The Morgan fingerprint density at radius 2 is 0.448 bits per heavy atom. The van der Waals surface area contributed by atoms with E-state index in [1.807, 2.05) is 0 Å². The van der Waals surface area contributed by atoms with Crippen LogP contribution in [-0.4, -0.2) is 68.9 Å². The van der Waals surface area contributed by atoms with Gasteiger partial charge in [-0.05, 0) is 0 Å². The van der Waals surface area contributed by atoms with Crippen molar-refractivity contribution in [2.75, 3.05) is 0 Å². The van der Waals surface area contributed by atoms with Crippen LogP contribution >= 0.6 is 0 Å². The summed E-state index contributed by atoms with van der Waals surface area (Å²) in [4.78, 5) is 0. The molecule has 0 atom stereocenters. The minimum absolute atomic E-state index is 6.43. The Hall–Kier alpha value is -1.31. The zero-order valence-corrected chi connectivity index (χ0v) is 12.3. The first-order valence-electron chi connectivity index (χ1n) is 5.88. The Kier molecular flexibility index (Phi) is 6.06. The van der Waals surface area contributed by atoms with Crippen molar-refractivity contribution in [3.63, 3.8) is 0 Å². The van der Waals surface area contributed by atoms with Gasteiger partial charge in [-0.1, -0.05) is 0 Å². The molecule has 29 heavy (non-hydrogen) atoms. The molecule has 0 unspecified atom stereocenters. The Bertz CT molecular complexity index is 561. The van der Waals surface area contributed by atoms with Crippen molar-refractivity contribution in [2.45, 2.75) is 53.6 Å². The first-order chi connectivity index (χ1) is 12.0. The fourth-order valence-corrected chi connectivity index (χ4v) is 1.37. The van der Waals surface area contributed by atoms with Crippen LogP contribution in [0.1, 0.15) is 0 Å². The molecule has 0 fully saturated rings. The number of hydrogen-bond donors (Lipinski definition) is 3. The SMILES string of the molecule is OC(O)(O)C(F)(F)C(F)(F)C(F)(F)C(F)(F)C(F)(F)C(F)(F)C(F)(F)C(F)(F)F. The summed E-state index contributed by atoms with van der Waals surface area (Å²) in [7, 11) is 0. The number of halogens is 17. The Labute approximate surface area is 145 Å². The lowest BCUT2D eigenvalue weighted by Gasteiger charge is -2.43. The predicted octanol–water partition coefficient (Wildman–Crippen LogP) is 3.63. The van der Waals surface area contributed by atoms with Crippen molar-refractivity contribution in [3.8, 4) is 0 Å². The van der Waals surface area contributed by atoms with Gasteiger partial charge in [0.05, 0.1) is 0 Å². The standard InChI is InChI=1S/C9H3F17O3/c10-1(11,2(12,13)4(16,17)6(20,21)8(24,25)26)3(14,15)5(18,19)7(22,23)9(27,28)29/h27-29H. The largest absolute Gasteiger partial charge is 0.460 e. The van der Waals surface area contributed by atoms with Crippen molar-refractivity contribution in [1.29, 1.82) is 0 Å². The van der Waals surface area contributed by atoms with Crippen molar-refractivity contribution in [3.05, 3.63) is 0 Å². The summed E-state index contributed by atoms with van der Waals surface area (Å²) in [5.74, 6) is -65.8. The van der Waals surface area contributed by atoms with E-state index in [4.69, 9.17) is 15.3 Å². The topological polar surface area (TPSA) is 60.7 Å². The zero-order valence-electron chi connectivity index (χ0n) is 12.3. The fraction of sp³-hybridized carbons (Fsp3) is 1.00. The molecule has 3 N–H and O–H groups in total. The van der Waals surface area contributed by atoms with E-state index in [0.717, 1.165) is 0 Å². The van der Waals surface area contributed by atoms with E-state index in [2.05, 4.69) is 0 Å². The second-order valence-corrected chi connectivity index (χ2v) is 5.15. The number of hydrogen-bond acceptors (Lipinski definition) is 3. The van der Waals surface area contributed by atoms with Crippen LogP contribution in [-0.2, 0) is 0 Å². The summed E-state index contributed by atoms with van der Waals surface area (Å²) in [5, 5.41) is 23.4. The molecule has 176 valence electrons. The van der Waals surface area contributed by atoms with Gasteiger partial charge in [0.15, 0.2) is 0 Å². The molecule has 0 saturated heterocycles. The normalized spacial score (nSPS) is 17.0. The van der Waals surface area contributed by atoms with Gasteiger partial charge in [-0.15, -0.1) is 0 Å². The molecule has 0 aliphatic carbocycles. The second-order valence-electron chi connectivity index (χ2n) is 5.15. The van der Waals surface area contributed by atoms with E-state index in [1.54, 1.807) is 0 Å². The highest BCUT2D eigenvalue weighted by molar-refractivity contribution is 5.15. The maximum Gasteiger partial charge on any atom is 0.460 e. The van der Waals surface area contributed by atoms with E-state index in [-0.39, 0.29) is 0 Å². The van der Waals surface area contributed by atoms with Crippen LogP contribution in [0, 0.1) is 0 Å². The quantitative estimate of drug-likeness (QED) is 0.384. The lowest BCUT2D eigenvalue weighted by molar-refractivity contribution is -0.497. The van der Waals surface area contributed by atoms with Gasteiger partial charge in [0, 0.05) is 0 Å². The molecule has 0 aromatic rings. The van der Waals surface area contributed by atoms with E-state index in [9.17, 15) is 74.6 Å². The van der Waals surface area contributed by atoms with Gasteiger partial charge in [0.2, 0.25) is 0 Å². The van der Waals surface area contributed by atoms with Crippen LogP contribution in [0.2, 0.25) is 0 Å². The van der Waals surface area contributed by atoms with Crippen LogP contribution in [0.5, 0.6) is 0 Å². The van der Waals surface area contributed by atoms with Crippen molar-refractivity contribution < 1.29 is 90.0 Å². The van der Waals surface area contributed by atoms with Crippen molar-refractivity contribution in [2.24, 2.45) is 0 Å². The predicted molar refractivity (Wildman–Crippen MR) is 50.1 cm³/mol. The fourth-order valence-electron chi connectivity index (χ4n) is 1.37. The lowest BCUT2D eigenvalue weighted by atomic mass is 9.88. The molecule has 0 aliphatic rings. The van der Waals surface area contributed by atoms with Gasteiger partial charge in [-0.2, -0.15) is 74.6 Å². The van der Waals surface area contributed by atoms with Crippen LogP contribution < -0.4 is 0 Å². The van der Waals surface area contributed by atoms with Gasteiger partial charge in [-0.25, -0.2) is 0 Å². The van der Waals surface area contributed by atoms with Crippen LogP contribution in [0.3, 0.4) is 0 Å². The molecule has 0 aliphatic heterocycles. The summed E-state index contributed by atoms with van der Waals surface area (Å²) in [5.41, 5.74) is 0. The summed E-state index contributed by atoms with van der Waals surface area (Å²) in [6.45, 7) is 0. The van der Waals surface area contributed by atoms with Gasteiger partial charge >= 0.3 is 53.6 Å². The summed E-state index contributed by atoms with van der Waals surface area (Å²) in [6, 6.07) is 0. The molecule has 0 rings (SSSR count).